The van der Waals surface area contributed by atoms with E-state index in [9.17, 15) is 0 Å². The van der Waals surface area contributed by atoms with Crippen LogP contribution in [0.4, 0.5) is 0 Å². The van der Waals surface area contributed by atoms with E-state index in [2.05, 4.69) is 26.1 Å². The lowest BCUT2D eigenvalue weighted by molar-refractivity contribution is 0.415. The molecule has 4 heterocycles. The third-order valence-electron chi connectivity index (χ3n) is 4.86. The maximum Gasteiger partial charge on any atom is 0.138 e. The highest BCUT2D eigenvalue weighted by Gasteiger charge is 2.16. The summed E-state index contributed by atoms with van der Waals surface area (Å²) in [6, 6.07) is 13.8. The van der Waals surface area contributed by atoms with Crippen LogP contribution in [-0.4, -0.2) is 28.9 Å². The van der Waals surface area contributed by atoms with Crippen LogP contribution in [0.5, 0.6) is 5.75 Å². The van der Waals surface area contributed by atoms with E-state index in [0.29, 0.717) is 23.9 Å². The highest BCUT2D eigenvalue weighted by molar-refractivity contribution is 6.32. The van der Waals surface area contributed by atoms with Crippen LogP contribution in [0.2, 0.25) is 5.02 Å². The topological polar surface area (TPSA) is 77.3 Å². The number of hydrogen-bond acceptors (Lipinski definition) is 6. The molecule has 29 heavy (non-hydrogen) atoms. The van der Waals surface area contributed by atoms with Gasteiger partial charge in [-0.05, 0) is 41.6 Å². The Morgan fingerprint density at radius 3 is 2.90 bits per heavy atom. The molecule has 8 heteroatoms. The third-order valence-corrected chi connectivity index (χ3v) is 5.16. The first kappa shape index (κ1) is 17.6. The normalized spacial score (nSPS) is 13.2. The van der Waals surface area contributed by atoms with Gasteiger partial charge in [0, 0.05) is 10.9 Å². The number of rotatable bonds is 5. The van der Waals surface area contributed by atoms with Crippen LogP contribution >= 0.6 is 11.6 Å². The molecule has 0 N–H and O–H groups in total. The van der Waals surface area contributed by atoms with Crippen molar-refractivity contribution >= 4 is 28.2 Å². The van der Waals surface area contributed by atoms with Gasteiger partial charge in [-0.2, -0.15) is 5.11 Å². The zero-order valence-electron chi connectivity index (χ0n) is 15.5. The van der Waals surface area contributed by atoms with Gasteiger partial charge in [0.1, 0.15) is 18.0 Å². The Morgan fingerprint density at radius 1 is 1.21 bits per heavy atom. The van der Waals surface area contributed by atoms with E-state index in [4.69, 9.17) is 25.7 Å². The van der Waals surface area contributed by atoms with Crippen molar-refractivity contribution in [3.63, 3.8) is 0 Å². The first-order valence-corrected chi connectivity index (χ1v) is 9.40. The molecule has 0 unspecified atom stereocenters. The second kappa shape index (κ2) is 7.18. The zero-order chi connectivity index (χ0) is 19.8. The van der Waals surface area contributed by atoms with Gasteiger partial charge in [0.25, 0.3) is 0 Å². The summed E-state index contributed by atoms with van der Waals surface area (Å²) in [5.74, 6) is 0.641. The smallest absolute Gasteiger partial charge is 0.138 e. The standard InChI is InChI=1S/C21H16ClN5O2/c1-28-21-8-14-7-19(13-5-6-29-12-13)27(20(14)9-16(21)22)11-15-3-2-4-17(24-15)18-10-23-26-25-18/h2-9,12H,10-11H2,1H3. The van der Waals surface area contributed by atoms with Gasteiger partial charge in [-0.1, -0.05) is 17.7 Å². The lowest BCUT2D eigenvalue weighted by Gasteiger charge is -2.11. The van der Waals surface area contributed by atoms with E-state index in [1.807, 2.05) is 36.4 Å². The van der Waals surface area contributed by atoms with Gasteiger partial charge in [-0.3, -0.25) is 0 Å². The van der Waals surface area contributed by atoms with Crippen molar-refractivity contribution in [1.29, 1.82) is 0 Å². The number of hydrogen-bond donors (Lipinski definition) is 0. The molecule has 0 bridgehead atoms. The molecule has 3 aromatic heterocycles. The first-order valence-electron chi connectivity index (χ1n) is 9.02. The molecule has 0 saturated heterocycles. The van der Waals surface area contributed by atoms with Gasteiger partial charge < -0.3 is 13.7 Å². The number of fused-ring (bicyclic) bond motifs is 1. The Labute approximate surface area is 171 Å². The minimum absolute atomic E-state index is 0.457. The van der Waals surface area contributed by atoms with Crippen molar-refractivity contribution in [3.05, 3.63) is 71.4 Å². The fraction of sp³-hybridized carbons (Fsp3) is 0.143. The van der Waals surface area contributed by atoms with Crippen molar-refractivity contribution in [1.82, 2.24) is 9.55 Å². The summed E-state index contributed by atoms with van der Waals surface area (Å²) in [4.78, 5) is 4.76. The fourth-order valence-corrected chi connectivity index (χ4v) is 3.71. The molecule has 7 nitrogen and oxygen atoms in total. The summed E-state index contributed by atoms with van der Waals surface area (Å²) in [6.07, 6.45) is 3.39. The zero-order valence-corrected chi connectivity index (χ0v) is 16.3. The van der Waals surface area contributed by atoms with Gasteiger partial charge in [0.15, 0.2) is 0 Å². The molecule has 1 aliphatic rings. The van der Waals surface area contributed by atoms with E-state index in [1.165, 1.54) is 0 Å². The Balaban J connectivity index is 1.63. The van der Waals surface area contributed by atoms with E-state index < -0.39 is 0 Å². The lowest BCUT2D eigenvalue weighted by Crippen LogP contribution is -2.09. The molecule has 0 aliphatic carbocycles. The van der Waals surface area contributed by atoms with Gasteiger partial charge in [-0.15, -0.1) is 5.10 Å². The lowest BCUT2D eigenvalue weighted by atomic mass is 10.2. The third kappa shape index (κ3) is 3.19. The monoisotopic (exact) mass is 405 g/mol. The predicted molar refractivity (Wildman–Crippen MR) is 111 cm³/mol. The summed E-state index contributed by atoms with van der Waals surface area (Å²) in [7, 11) is 1.61. The average Bonchev–Trinajstić information content (AvgIpc) is 3.49. The molecule has 4 aromatic rings. The Bertz CT molecular complexity index is 1260. The number of aromatic nitrogens is 2. The maximum atomic E-state index is 6.41. The highest BCUT2D eigenvalue weighted by Crippen LogP contribution is 2.35. The predicted octanol–water partition coefficient (Wildman–Crippen LogP) is 5.18. The van der Waals surface area contributed by atoms with Crippen LogP contribution in [0, 0.1) is 0 Å². The maximum absolute atomic E-state index is 6.41. The fourth-order valence-electron chi connectivity index (χ4n) is 3.48. The minimum atomic E-state index is 0.457. The molecule has 1 aromatic carbocycles. The van der Waals surface area contributed by atoms with E-state index >= 15 is 0 Å². The second-order valence-corrected chi connectivity index (χ2v) is 7.03. The van der Waals surface area contributed by atoms with Crippen LogP contribution < -0.4 is 4.74 Å². The molecule has 5 rings (SSSR count). The minimum Gasteiger partial charge on any atom is -0.495 e. The summed E-state index contributed by atoms with van der Waals surface area (Å²) in [6.45, 7) is 1.01. The van der Waals surface area contributed by atoms with E-state index in [0.717, 1.165) is 39.3 Å². The summed E-state index contributed by atoms with van der Waals surface area (Å²) in [5.41, 5.74) is 5.42. The van der Waals surface area contributed by atoms with Gasteiger partial charge in [0.2, 0.25) is 0 Å². The molecule has 0 amide bonds. The van der Waals surface area contributed by atoms with Crippen molar-refractivity contribution in [3.8, 4) is 17.0 Å². The van der Waals surface area contributed by atoms with Crippen LogP contribution in [0.3, 0.4) is 0 Å². The molecule has 0 saturated carbocycles. The first-order chi connectivity index (χ1) is 14.2. The van der Waals surface area contributed by atoms with E-state index in [1.54, 1.807) is 19.6 Å². The summed E-state index contributed by atoms with van der Waals surface area (Å²) in [5, 5.41) is 13.2. The molecule has 1 aliphatic heterocycles. The number of furan rings is 1. The molecular formula is C21H16ClN5O2. The Hall–Kier alpha value is -3.45. The van der Waals surface area contributed by atoms with Crippen LogP contribution in [-0.2, 0) is 6.54 Å². The Morgan fingerprint density at radius 2 is 2.14 bits per heavy atom. The number of ether oxygens (including phenoxy) is 1. The number of pyridine rings is 1. The van der Waals surface area contributed by atoms with Gasteiger partial charge >= 0.3 is 0 Å². The molecular weight excluding hydrogens is 390 g/mol. The molecule has 0 spiro atoms. The molecule has 0 atom stereocenters. The number of halogens is 1. The number of benzene rings is 1. The van der Waals surface area contributed by atoms with Gasteiger partial charge in [-0.25, -0.2) is 4.98 Å². The van der Waals surface area contributed by atoms with Gasteiger partial charge in [0.05, 0.1) is 53.8 Å². The highest BCUT2D eigenvalue weighted by atomic mass is 35.5. The van der Waals surface area contributed by atoms with Crippen molar-refractivity contribution in [2.24, 2.45) is 15.4 Å². The number of nitrogens with zero attached hydrogens (tertiary/aromatic N) is 5. The molecule has 0 radical (unpaired) electrons. The Kier molecular flexibility index (Phi) is 4.37. The largest absolute Gasteiger partial charge is 0.495 e. The molecule has 0 fully saturated rings. The number of methoxy groups -OCH3 is 1. The van der Waals surface area contributed by atoms with Crippen LogP contribution in [0.1, 0.15) is 11.4 Å². The quantitative estimate of drug-likeness (QED) is 0.459. The van der Waals surface area contributed by atoms with E-state index in [-0.39, 0.29) is 0 Å². The van der Waals surface area contributed by atoms with Crippen molar-refractivity contribution in [2.75, 3.05) is 13.7 Å². The van der Waals surface area contributed by atoms with Crippen molar-refractivity contribution in [2.45, 2.75) is 6.54 Å². The van der Waals surface area contributed by atoms with Crippen LogP contribution in [0.25, 0.3) is 22.2 Å². The van der Waals surface area contributed by atoms with Crippen molar-refractivity contribution < 1.29 is 9.15 Å². The summed E-state index contributed by atoms with van der Waals surface area (Å²) >= 11 is 6.41. The molecule has 144 valence electrons. The average molecular weight is 406 g/mol. The second-order valence-electron chi connectivity index (χ2n) is 6.62. The SMILES string of the molecule is COc1cc2cc(-c3ccoc3)n(Cc3cccc(C4=NN=NC4)n3)c2cc1Cl. The van der Waals surface area contributed by atoms with Crippen LogP contribution in [0.15, 0.2) is 74.8 Å². The summed E-state index contributed by atoms with van der Waals surface area (Å²) < 4.78 is 12.9.